The van der Waals surface area contributed by atoms with E-state index in [4.69, 9.17) is 23.6 Å². The van der Waals surface area contributed by atoms with E-state index in [1.54, 1.807) is 13.4 Å². The van der Waals surface area contributed by atoms with Gasteiger partial charge in [0.1, 0.15) is 12.0 Å². The lowest BCUT2D eigenvalue weighted by Gasteiger charge is -2.30. The minimum Gasteiger partial charge on any atom is -0.496 e. The van der Waals surface area contributed by atoms with Gasteiger partial charge in [0.25, 0.3) is 0 Å². The summed E-state index contributed by atoms with van der Waals surface area (Å²) in [5, 5.41) is 0. The van der Waals surface area contributed by atoms with Gasteiger partial charge < -0.3 is 23.5 Å². The van der Waals surface area contributed by atoms with Crippen LogP contribution < -0.4 is 9.47 Å². The van der Waals surface area contributed by atoms with Crippen molar-refractivity contribution in [2.24, 2.45) is 0 Å². The number of rotatable bonds is 8. The van der Waals surface area contributed by atoms with Crippen LogP contribution in [0.4, 0.5) is 0 Å². The Kier molecular flexibility index (Phi) is 6.31. The molecular weight excluding hydrogens is 380 g/mol. The number of oxazole rings is 1. The van der Waals surface area contributed by atoms with E-state index in [1.807, 2.05) is 37.3 Å². The maximum absolute atomic E-state index is 6.20. The number of ether oxygens (including phenoxy) is 3. The fourth-order valence-electron chi connectivity index (χ4n) is 3.99. The minimum atomic E-state index is 0.155. The molecule has 30 heavy (non-hydrogen) atoms. The normalized spacial score (nSPS) is 19.1. The van der Waals surface area contributed by atoms with Crippen molar-refractivity contribution in [2.75, 3.05) is 13.7 Å². The summed E-state index contributed by atoms with van der Waals surface area (Å²) in [6.45, 7) is 5.43. The summed E-state index contributed by atoms with van der Waals surface area (Å²) in [5.74, 6) is 3.03. The van der Waals surface area contributed by atoms with Crippen LogP contribution in [0.1, 0.15) is 45.2 Å². The second kappa shape index (κ2) is 9.28. The van der Waals surface area contributed by atoms with Gasteiger partial charge in [0.15, 0.2) is 11.5 Å². The van der Waals surface area contributed by atoms with Crippen molar-refractivity contribution in [3.8, 4) is 23.0 Å². The molecule has 2 heterocycles. The summed E-state index contributed by atoms with van der Waals surface area (Å²) >= 11 is 0. The van der Waals surface area contributed by atoms with E-state index < -0.39 is 0 Å². The molecule has 0 spiro atoms. The number of methoxy groups -OCH3 is 1. The SMILES string of the molecule is CCOC1=CC=CN(Cc2coc(-c3ccc(OC)c(OC4CCCC4)c3)n2)C1C. The predicted octanol–water partition coefficient (Wildman–Crippen LogP) is 5.31. The zero-order valence-electron chi connectivity index (χ0n) is 18.0. The summed E-state index contributed by atoms with van der Waals surface area (Å²) in [6.07, 6.45) is 12.7. The highest BCUT2D eigenvalue weighted by Gasteiger charge is 2.22. The highest BCUT2D eigenvalue weighted by Crippen LogP contribution is 2.35. The molecule has 1 aliphatic carbocycles. The van der Waals surface area contributed by atoms with E-state index in [0.717, 1.165) is 41.4 Å². The van der Waals surface area contributed by atoms with Crippen molar-refractivity contribution in [3.05, 3.63) is 54.3 Å². The zero-order valence-corrected chi connectivity index (χ0v) is 18.0. The third-order valence-corrected chi connectivity index (χ3v) is 5.66. The molecule has 0 bridgehead atoms. The molecule has 1 atom stereocenters. The lowest BCUT2D eigenvalue weighted by atomic mass is 10.1. The first-order chi connectivity index (χ1) is 14.7. The van der Waals surface area contributed by atoms with Gasteiger partial charge >= 0.3 is 0 Å². The van der Waals surface area contributed by atoms with Gasteiger partial charge in [-0.25, -0.2) is 4.98 Å². The van der Waals surface area contributed by atoms with Gasteiger partial charge in [0.05, 0.1) is 38.1 Å². The molecule has 0 N–H and O–H groups in total. The van der Waals surface area contributed by atoms with E-state index in [9.17, 15) is 0 Å². The van der Waals surface area contributed by atoms with Gasteiger partial charge in [0, 0.05) is 11.8 Å². The first-order valence-electron chi connectivity index (χ1n) is 10.7. The smallest absolute Gasteiger partial charge is 0.226 e. The third kappa shape index (κ3) is 4.48. The molecule has 6 heteroatoms. The quantitative estimate of drug-likeness (QED) is 0.588. The maximum atomic E-state index is 6.20. The van der Waals surface area contributed by atoms with E-state index >= 15 is 0 Å². The average Bonchev–Trinajstić information content (AvgIpc) is 3.43. The number of hydrogen-bond acceptors (Lipinski definition) is 6. The molecule has 1 aliphatic heterocycles. The topological polar surface area (TPSA) is 57.0 Å². The second-order valence-corrected chi connectivity index (χ2v) is 7.73. The van der Waals surface area contributed by atoms with E-state index in [2.05, 4.69) is 18.0 Å². The second-order valence-electron chi connectivity index (χ2n) is 7.73. The molecule has 1 unspecified atom stereocenters. The Hall–Kier alpha value is -2.89. The van der Waals surface area contributed by atoms with E-state index in [1.165, 1.54) is 12.8 Å². The number of allylic oxidation sites excluding steroid dienone is 2. The summed E-state index contributed by atoms with van der Waals surface area (Å²) in [5.41, 5.74) is 1.75. The van der Waals surface area contributed by atoms with Crippen molar-refractivity contribution in [1.82, 2.24) is 9.88 Å². The molecule has 1 aromatic carbocycles. The predicted molar refractivity (Wildman–Crippen MR) is 115 cm³/mol. The molecule has 1 saturated carbocycles. The Labute approximate surface area is 178 Å². The van der Waals surface area contributed by atoms with Crippen molar-refractivity contribution < 1.29 is 18.6 Å². The van der Waals surface area contributed by atoms with Gasteiger partial charge in [0.2, 0.25) is 5.89 Å². The van der Waals surface area contributed by atoms with Gasteiger partial charge in [-0.3, -0.25) is 0 Å². The summed E-state index contributed by atoms with van der Waals surface area (Å²) in [4.78, 5) is 6.90. The molecule has 1 fully saturated rings. The van der Waals surface area contributed by atoms with Crippen LogP contribution in [-0.4, -0.2) is 35.7 Å². The molecule has 160 valence electrons. The largest absolute Gasteiger partial charge is 0.496 e. The number of nitrogens with zero attached hydrogens (tertiary/aromatic N) is 2. The molecule has 2 aliphatic rings. The standard InChI is InChI=1S/C24H30N2O4/c1-4-28-21-10-7-13-26(17(21)2)15-19-16-29-24(25-19)18-11-12-22(27-3)23(14-18)30-20-8-5-6-9-20/h7,10-14,16-17,20H,4-6,8-9,15H2,1-3H3. The Balaban J connectivity index is 1.48. The average molecular weight is 411 g/mol. The molecule has 0 saturated heterocycles. The van der Waals surface area contributed by atoms with Crippen LogP contribution in [0.5, 0.6) is 11.5 Å². The van der Waals surface area contributed by atoms with Crippen LogP contribution >= 0.6 is 0 Å². The van der Waals surface area contributed by atoms with E-state index in [-0.39, 0.29) is 12.1 Å². The number of aromatic nitrogens is 1. The maximum Gasteiger partial charge on any atom is 0.226 e. The highest BCUT2D eigenvalue weighted by molar-refractivity contribution is 5.60. The molecule has 6 nitrogen and oxygen atoms in total. The van der Waals surface area contributed by atoms with Crippen LogP contribution in [0, 0.1) is 0 Å². The van der Waals surface area contributed by atoms with E-state index in [0.29, 0.717) is 19.0 Å². The zero-order chi connectivity index (χ0) is 20.9. The summed E-state index contributed by atoms with van der Waals surface area (Å²) in [6, 6.07) is 5.99. The first kappa shape index (κ1) is 20.4. The minimum absolute atomic E-state index is 0.155. The van der Waals surface area contributed by atoms with Crippen LogP contribution in [0.15, 0.2) is 53.0 Å². The lowest BCUT2D eigenvalue weighted by molar-refractivity contribution is 0.158. The van der Waals surface area contributed by atoms with Crippen LogP contribution in [0.2, 0.25) is 0 Å². The summed E-state index contributed by atoms with van der Waals surface area (Å²) < 4.78 is 23.2. The molecule has 1 aromatic heterocycles. The van der Waals surface area contributed by atoms with Crippen molar-refractivity contribution in [2.45, 2.75) is 58.2 Å². The Morgan fingerprint density at radius 3 is 2.80 bits per heavy atom. The molecule has 0 radical (unpaired) electrons. The van der Waals surface area contributed by atoms with Crippen molar-refractivity contribution in [3.63, 3.8) is 0 Å². The molecular formula is C24H30N2O4. The monoisotopic (exact) mass is 410 g/mol. The van der Waals surface area contributed by atoms with Crippen LogP contribution in [0.25, 0.3) is 11.5 Å². The molecule has 2 aromatic rings. The van der Waals surface area contributed by atoms with Gasteiger partial charge in [-0.15, -0.1) is 0 Å². The molecule has 0 amide bonds. The van der Waals surface area contributed by atoms with Gasteiger partial charge in [-0.05, 0) is 69.9 Å². The van der Waals surface area contributed by atoms with Crippen molar-refractivity contribution >= 4 is 0 Å². The Morgan fingerprint density at radius 2 is 2.03 bits per heavy atom. The number of benzene rings is 1. The summed E-state index contributed by atoms with van der Waals surface area (Å²) in [7, 11) is 1.66. The Morgan fingerprint density at radius 1 is 1.20 bits per heavy atom. The molecule has 4 rings (SSSR count). The number of hydrogen-bond donors (Lipinski definition) is 0. The lowest BCUT2D eigenvalue weighted by Crippen LogP contribution is -2.32. The van der Waals surface area contributed by atoms with Gasteiger partial charge in [-0.2, -0.15) is 0 Å². The van der Waals surface area contributed by atoms with Crippen molar-refractivity contribution in [1.29, 1.82) is 0 Å². The van der Waals surface area contributed by atoms with Crippen LogP contribution in [-0.2, 0) is 11.3 Å². The third-order valence-electron chi connectivity index (χ3n) is 5.66. The first-order valence-corrected chi connectivity index (χ1v) is 10.7. The fourth-order valence-corrected chi connectivity index (χ4v) is 3.99. The fraction of sp³-hybridized carbons (Fsp3) is 0.458. The van der Waals surface area contributed by atoms with Crippen LogP contribution in [0.3, 0.4) is 0 Å². The Bertz CT molecular complexity index is 912. The van der Waals surface area contributed by atoms with Gasteiger partial charge in [-0.1, -0.05) is 0 Å². The highest BCUT2D eigenvalue weighted by atomic mass is 16.5.